The second-order valence-corrected chi connectivity index (χ2v) is 8.26. The Morgan fingerprint density at radius 3 is 2.52 bits per heavy atom. The van der Waals surface area contributed by atoms with E-state index in [4.69, 9.17) is 0 Å². The summed E-state index contributed by atoms with van der Waals surface area (Å²) in [6, 6.07) is 7.86. The van der Waals surface area contributed by atoms with Crippen LogP contribution < -0.4 is 5.32 Å². The largest absolute Gasteiger partial charge is 0.340 e. The lowest BCUT2D eigenvalue weighted by Gasteiger charge is -2.36. The number of rotatable bonds is 3. The van der Waals surface area contributed by atoms with Gasteiger partial charge in [0.25, 0.3) is 0 Å². The molecular formula is C17H26ClN3O3S. The molecule has 0 aliphatic carbocycles. The lowest BCUT2D eigenvalue weighted by Crippen LogP contribution is -2.53. The number of piperidine rings is 1. The van der Waals surface area contributed by atoms with E-state index in [0.29, 0.717) is 26.1 Å². The lowest BCUT2D eigenvalue weighted by molar-refractivity contribution is -0.136. The quantitative estimate of drug-likeness (QED) is 0.852. The highest BCUT2D eigenvalue weighted by atomic mass is 35.5. The van der Waals surface area contributed by atoms with Crippen LogP contribution in [-0.2, 0) is 14.8 Å². The molecule has 1 N–H and O–H groups in total. The number of halogens is 1. The zero-order valence-electron chi connectivity index (χ0n) is 14.3. The maximum atomic E-state index is 13.0. The summed E-state index contributed by atoms with van der Waals surface area (Å²) in [5, 5.41) is 3.28. The SMILES string of the molecule is Cl.O=C(C1CCCCN1S(=O)(=O)c1ccccc1)N1CCCNCC1. The van der Waals surface area contributed by atoms with E-state index < -0.39 is 16.1 Å². The Hall–Kier alpha value is -1.15. The van der Waals surface area contributed by atoms with E-state index in [9.17, 15) is 13.2 Å². The molecule has 8 heteroatoms. The van der Waals surface area contributed by atoms with E-state index in [1.807, 2.05) is 4.90 Å². The lowest BCUT2D eigenvalue weighted by atomic mass is 10.0. The summed E-state index contributed by atoms with van der Waals surface area (Å²) >= 11 is 0. The highest BCUT2D eigenvalue weighted by Crippen LogP contribution is 2.26. The summed E-state index contributed by atoms with van der Waals surface area (Å²) in [4.78, 5) is 15.1. The topological polar surface area (TPSA) is 69.7 Å². The van der Waals surface area contributed by atoms with Gasteiger partial charge in [0.2, 0.25) is 15.9 Å². The van der Waals surface area contributed by atoms with Crippen molar-refractivity contribution in [2.24, 2.45) is 0 Å². The molecule has 1 aromatic carbocycles. The van der Waals surface area contributed by atoms with Crippen LogP contribution in [0.15, 0.2) is 35.2 Å². The summed E-state index contributed by atoms with van der Waals surface area (Å²) in [5.41, 5.74) is 0. The normalized spacial score (nSPS) is 22.7. The van der Waals surface area contributed by atoms with Gasteiger partial charge in [-0.05, 0) is 37.9 Å². The van der Waals surface area contributed by atoms with Crippen molar-refractivity contribution in [1.29, 1.82) is 0 Å². The second kappa shape index (κ2) is 8.98. The van der Waals surface area contributed by atoms with Crippen LogP contribution in [0, 0.1) is 0 Å². The van der Waals surface area contributed by atoms with Crippen molar-refractivity contribution in [3.63, 3.8) is 0 Å². The van der Waals surface area contributed by atoms with Gasteiger partial charge >= 0.3 is 0 Å². The summed E-state index contributed by atoms with van der Waals surface area (Å²) < 4.78 is 27.4. The average Bonchev–Trinajstić information content (AvgIpc) is 2.91. The van der Waals surface area contributed by atoms with Crippen molar-refractivity contribution >= 4 is 28.3 Å². The molecule has 2 aliphatic heterocycles. The fourth-order valence-electron chi connectivity index (χ4n) is 3.44. The Morgan fingerprint density at radius 2 is 1.76 bits per heavy atom. The molecule has 6 nitrogen and oxygen atoms in total. The monoisotopic (exact) mass is 387 g/mol. The average molecular weight is 388 g/mol. The minimum absolute atomic E-state index is 0. The van der Waals surface area contributed by atoms with Crippen LogP contribution >= 0.6 is 12.4 Å². The summed E-state index contributed by atoms with van der Waals surface area (Å²) in [7, 11) is -3.63. The predicted octanol–water partition coefficient (Wildman–Crippen LogP) is 1.47. The van der Waals surface area contributed by atoms with Crippen LogP contribution in [-0.4, -0.2) is 62.3 Å². The van der Waals surface area contributed by atoms with Crippen LogP contribution in [0.25, 0.3) is 0 Å². The number of amides is 1. The first kappa shape index (κ1) is 20.2. The Bertz CT molecular complexity index is 661. The molecule has 2 saturated heterocycles. The number of sulfonamides is 1. The molecule has 2 aliphatic rings. The van der Waals surface area contributed by atoms with E-state index in [0.717, 1.165) is 32.4 Å². The third-order valence-electron chi connectivity index (χ3n) is 4.74. The summed E-state index contributed by atoms with van der Waals surface area (Å²) in [6.07, 6.45) is 3.21. The Morgan fingerprint density at radius 1 is 1.00 bits per heavy atom. The second-order valence-electron chi connectivity index (χ2n) is 6.37. The summed E-state index contributed by atoms with van der Waals surface area (Å²) in [6.45, 7) is 3.43. The molecule has 140 valence electrons. The van der Waals surface area contributed by atoms with Gasteiger partial charge in [0.1, 0.15) is 6.04 Å². The fraction of sp³-hybridized carbons (Fsp3) is 0.588. The first-order valence-corrected chi connectivity index (χ1v) is 10.1. The van der Waals surface area contributed by atoms with Crippen molar-refractivity contribution < 1.29 is 13.2 Å². The van der Waals surface area contributed by atoms with E-state index in [1.165, 1.54) is 4.31 Å². The molecular weight excluding hydrogens is 362 g/mol. The smallest absolute Gasteiger partial charge is 0.243 e. The maximum Gasteiger partial charge on any atom is 0.243 e. The first-order chi connectivity index (χ1) is 11.6. The molecule has 1 unspecified atom stereocenters. The number of carbonyl (C=O) groups excluding carboxylic acids is 1. The van der Waals surface area contributed by atoms with Crippen molar-refractivity contribution in [2.45, 2.75) is 36.6 Å². The van der Waals surface area contributed by atoms with Gasteiger partial charge < -0.3 is 10.2 Å². The molecule has 1 atom stereocenters. The number of hydrogen-bond acceptors (Lipinski definition) is 4. The van der Waals surface area contributed by atoms with Gasteiger partial charge in [-0.25, -0.2) is 8.42 Å². The predicted molar refractivity (Wildman–Crippen MR) is 99.3 cm³/mol. The standard InChI is InChI=1S/C17H25N3O3S.ClH/c21-17(19-12-6-10-18-11-14-19)16-9-4-5-13-20(16)24(22,23)15-7-2-1-3-8-15;/h1-3,7-8,16,18H,4-6,9-14H2;1H. The first-order valence-electron chi connectivity index (χ1n) is 8.67. The molecule has 1 amide bonds. The van der Waals surface area contributed by atoms with Crippen molar-refractivity contribution in [2.75, 3.05) is 32.7 Å². The highest BCUT2D eigenvalue weighted by molar-refractivity contribution is 7.89. The number of hydrogen-bond donors (Lipinski definition) is 1. The van der Waals surface area contributed by atoms with E-state index >= 15 is 0 Å². The van der Waals surface area contributed by atoms with E-state index in [2.05, 4.69) is 5.32 Å². The van der Waals surface area contributed by atoms with Crippen LogP contribution in [0.2, 0.25) is 0 Å². The van der Waals surface area contributed by atoms with Gasteiger partial charge in [0.05, 0.1) is 4.90 Å². The molecule has 25 heavy (non-hydrogen) atoms. The highest BCUT2D eigenvalue weighted by Gasteiger charge is 2.39. The Labute approximate surface area is 156 Å². The van der Waals surface area contributed by atoms with Crippen LogP contribution in [0.3, 0.4) is 0 Å². The molecule has 1 aromatic rings. The van der Waals surface area contributed by atoms with Crippen LogP contribution in [0.1, 0.15) is 25.7 Å². The van der Waals surface area contributed by atoms with Gasteiger partial charge in [-0.2, -0.15) is 4.31 Å². The zero-order valence-corrected chi connectivity index (χ0v) is 15.9. The van der Waals surface area contributed by atoms with Gasteiger partial charge in [0, 0.05) is 26.2 Å². The van der Waals surface area contributed by atoms with E-state index in [1.54, 1.807) is 30.3 Å². The third-order valence-corrected chi connectivity index (χ3v) is 6.66. The van der Waals surface area contributed by atoms with Crippen LogP contribution in [0.4, 0.5) is 0 Å². The molecule has 0 spiro atoms. The molecule has 0 radical (unpaired) electrons. The number of nitrogens with zero attached hydrogens (tertiary/aromatic N) is 2. The van der Waals surface area contributed by atoms with Gasteiger partial charge in [-0.15, -0.1) is 12.4 Å². The van der Waals surface area contributed by atoms with Gasteiger partial charge in [-0.1, -0.05) is 24.6 Å². The van der Waals surface area contributed by atoms with Crippen molar-refractivity contribution in [3.8, 4) is 0 Å². The van der Waals surface area contributed by atoms with E-state index in [-0.39, 0.29) is 23.2 Å². The number of carbonyl (C=O) groups is 1. The molecule has 2 heterocycles. The molecule has 0 aromatic heterocycles. The van der Waals surface area contributed by atoms with Gasteiger partial charge in [0.15, 0.2) is 0 Å². The maximum absolute atomic E-state index is 13.0. The molecule has 0 saturated carbocycles. The van der Waals surface area contributed by atoms with Gasteiger partial charge in [-0.3, -0.25) is 4.79 Å². The number of benzene rings is 1. The minimum atomic E-state index is -3.63. The Kier molecular flexibility index (Phi) is 7.25. The minimum Gasteiger partial charge on any atom is -0.340 e. The third kappa shape index (κ3) is 4.53. The fourth-order valence-corrected chi connectivity index (χ4v) is 5.12. The van der Waals surface area contributed by atoms with Crippen molar-refractivity contribution in [3.05, 3.63) is 30.3 Å². The number of nitrogens with one attached hydrogen (secondary N) is 1. The Balaban J connectivity index is 0.00000225. The zero-order chi connectivity index (χ0) is 17.0. The van der Waals surface area contributed by atoms with Crippen LogP contribution in [0.5, 0.6) is 0 Å². The molecule has 2 fully saturated rings. The van der Waals surface area contributed by atoms with Crippen molar-refractivity contribution in [1.82, 2.24) is 14.5 Å². The molecule has 3 rings (SSSR count). The summed E-state index contributed by atoms with van der Waals surface area (Å²) in [5.74, 6) is -0.0436. The molecule has 0 bridgehead atoms.